The molecule has 68 heavy (non-hydrogen) atoms. The van der Waals surface area contributed by atoms with Crippen molar-refractivity contribution >= 4 is 76.5 Å². The molecule has 6 N–H and O–H groups in total. The van der Waals surface area contributed by atoms with E-state index >= 15 is 0 Å². The molecule has 2 aliphatic rings. The summed E-state index contributed by atoms with van der Waals surface area (Å²) < 4.78 is 65.7. The van der Waals surface area contributed by atoms with Crippen LogP contribution in [0.25, 0.3) is 21.5 Å². The number of azo groups is 2. The number of aromatic hydroxyl groups is 2. The number of nitrogens with zero attached hydrogens (tertiary/aromatic N) is 6. The number of benzene rings is 6. The number of nitro benzene ring substituents is 2. The lowest BCUT2D eigenvalue weighted by molar-refractivity contribution is -0.918. The van der Waals surface area contributed by atoms with E-state index < -0.39 is 30.6 Å². The third-order valence-corrected chi connectivity index (χ3v) is 10.8. The van der Waals surface area contributed by atoms with Gasteiger partial charge in [0.25, 0.3) is 11.4 Å². The molecule has 2 heterocycles. The number of nitrogens with one attached hydrogen (secondary N) is 2. The van der Waals surface area contributed by atoms with Crippen molar-refractivity contribution in [3.63, 3.8) is 0 Å². The van der Waals surface area contributed by atoms with Crippen molar-refractivity contribution in [3.8, 4) is 11.5 Å². The number of rotatable bonds is 10. The number of non-ortho nitro benzene ring substituents is 2. The Bertz CT molecular complexity index is 2760. The zero-order valence-electron chi connectivity index (χ0n) is 36.2. The summed E-state index contributed by atoms with van der Waals surface area (Å²) >= 11 is 0. The average molecular weight is 977 g/mol. The highest BCUT2D eigenvalue weighted by Gasteiger charge is 2.20. The van der Waals surface area contributed by atoms with Crippen LogP contribution < -0.4 is 9.80 Å². The van der Waals surface area contributed by atoms with Crippen molar-refractivity contribution in [3.05, 3.63) is 141 Å². The van der Waals surface area contributed by atoms with Gasteiger partial charge in [-0.05, 0) is 74.9 Å². The molecule has 24 heteroatoms. The second kappa shape index (κ2) is 24.2. The molecule has 0 spiro atoms. The highest BCUT2D eigenvalue weighted by atomic mass is 32.3. The Kier molecular flexibility index (Phi) is 18.5. The Balaban J connectivity index is 0.000000212. The number of phenols is 2. The van der Waals surface area contributed by atoms with Crippen LogP contribution in [0.2, 0.25) is 0 Å². The van der Waals surface area contributed by atoms with Gasteiger partial charge in [0, 0.05) is 45.8 Å². The number of hydrogen-bond acceptors (Lipinski definition) is 16. The molecular formula is C44H48N8O14S2. The predicted octanol–water partition coefficient (Wildman–Crippen LogP) is 6.88. The van der Waals surface area contributed by atoms with Crippen molar-refractivity contribution in [2.24, 2.45) is 20.5 Å². The van der Waals surface area contributed by atoms with Gasteiger partial charge in [-0.1, -0.05) is 48.5 Å². The van der Waals surface area contributed by atoms with Gasteiger partial charge >= 0.3 is 0 Å². The van der Waals surface area contributed by atoms with Crippen LogP contribution >= 0.6 is 0 Å². The minimum atomic E-state index is -4.92. The lowest BCUT2D eigenvalue weighted by atomic mass is 10.0. The fourth-order valence-corrected chi connectivity index (χ4v) is 7.73. The topological polar surface area (TPSA) is 340 Å². The van der Waals surface area contributed by atoms with Gasteiger partial charge in [-0.15, -0.1) is 10.2 Å². The van der Waals surface area contributed by atoms with Crippen molar-refractivity contribution < 1.29 is 64.9 Å². The van der Waals surface area contributed by atoms with Crippen LogP contribution in [0.1, 0.15) is 49.7 Å². The number of piperidine rings is 2. The normalized spacial score (nSPS) is 14.6. The lowest BCUT2D eigenvalue weighted by Gasteiger charge is -2.24. The summed E-state index contributed by atoms with van der Waals surface area (Å²) in [5, 5.41) is 63.8. The van der Waals surface area contributed by atoms with E-state index in [1.807, 2.05) is 60.7 Å². The molecule has 0 aliphatic carbocycles. The minimum Gasteiger partial charge on any atom is -0.726 e. The summed E-state index contributed by atoms with van der Waals surface area (Å²) in [5.41, 5.74) is 4.23. The Hall–Kier alpha value is -6.90. The largest absolute Gasteiger partial charge is 0.726 e. The van der Waals surface area contributed by atoms with Gasteiger partial charge < -0.3 is 29.1 Å². The third-order valence-electron chi connectivity index (χ3n) is 10.8. The van der Waals surface area contributed by atoms with Crippen LogP contribution in [0.5, 0.6) is 11.5 Å². The highest BCUT2D eigenvalue weighted by molar-refractivity contribution is 7.80. The molecule has 0 unspecified atom stereocenters. The van der Waals surface area contributed by atoms with Crippen LogP contribution in [-0.4, -0.2) is 81.3 Å². The maximum Gasteiger partial charge on any atom is 0.269 e. The van der Waals surface area contributed by atoms with Crippen LogP contribution in [0, 0.1) is 20.2 Å². The second-order valence-corrected chi connectivity index (χ2v) is 17.4. The summed E-state index contributed by atoms with van der Waals surface area (Å²) in [6, 6.07) is 31.0. The number of fused-ring (bicyclic) bond motifs is 2. The van der Waals surface area contributed by atoms with Gasteiger partial charge in [-0.3, -0.25) is 29.3 Å². The first-order chi connectivity index (χ1) is 32.2. The van der Waals surface area contributed by atoms with E-state index in [0.717, 1.165) is 71.9 Å². The van der Waals surface area contributed by atoms with Gasteiger partial charge in [0.2, 0.25) is 20.8 Å². The molecule has 0 radical (unpaired) electrons. The smallest absolute Gasteiger partial charge is 0.269 e. The number of phenolic OH excluding ortho intramolecular Hbond substituents is 2. The third kappa shape index (κ3) is 16.8. The van der Waals surface area contributed by atoms with Gasteiger partial charge in [0.15, 0.2) is 0 Å². The van der Waals surface area contributed by atoms with E-state index in [2.05, 4.69) is 20.5 Å². The van der Waals surface area contributed by atoms with Gasteiger partial charge in [0.05, 0.1) is 69.9 Å². The summed E-state index contributed by atoms with van der Waals surface area (Å²) in [6.45, 7) is 5.99. The molecule has 2 aliphatic heterocycles. The van der Waals surface area contributed by atoms with E-state index in [9.17, 15) is 30.4 Å². The van der Waals surface area contributed by atoms with Crippen molar-refractivity contribution in [2.75, 3.05) is 26.2 Å². The Morgan fingerprint density at radius 2 is 0.779 bits per heavy atom. The first-order valence-electron chi connectivity index (χ1n) is 21.1. The average Bonchev–Trinajstić information content (AvgIpc) is 3.30. The molecule has 8 rings (SSSR count). The molecule has 6 aromatic carbocycles. The standard InChI is InChI=1S/2C22H22N4O3.2H2O4S/c2*27-22-16(15-25-12-4-1-5-13-25)14-21(19-6-2-3-7-20(19)22)24-23-17-8-10-18(11-9-17)26(28)29;2*1-5(2,3)4/h2*2-3,6-11,14,27H,1,4-5,12-13,15H2;2*(H2,1,2,3,4). The van der Waals surface area contributed by atoms with Gasteiger partial charge in [-0.2, -0.15) is 10.2 Å². The summed E-state index contributed by atoms with van der Waals surface area (Å²) in [4.78, 5) is 23.7. The first-order valence-corrected chi connectivity index (χ1v) is 23.8. The van der Waals surface area contributed by atoms with Crippen LogP contribution in [0.3, 0.4) is 0 Å². The number of likely N-dealkylation sites (tertiary alicyclic amines) is 2. The predicted molar refractivity (Wildman–Crippen MR) is 247 cm³/mol. The SMILES string of the molecule is O=S(=O)([O-])O.O=S(=O)([O-])O.O=[N+]([O-])c1ccc(N=Nc2cc(C[NH+]3CCCCC3)c(O)c3ccccc23)cc1.O=[N+]([O-])c1ccc(N=Nc2cc(C[NH+]3CCCCC3)c(O)c3ccccc23)cc1. The fraction of sp³-hybridized carbons (Fsp3) is 0.273. The summed E-state index contributed by atoms with van der Waals surface area (Å²) in [7, 11) is -9.83. The summed E-state index contributed by atoms with van der Waals surface area (Å²) in [6.07, 6.45) is 7.43. The Labute approximate surface area is 390 Å². The molecule has 22 nitrogen and oxygen atoms in total. The van der Waals surface area contributed by atoms with Crippen molar-refractivity contribution in [1.82, 2.24) is 0 Å². The minimum absolute atomic E-state index is 0.0193. The molecule has 0 bridgehead atoms. The van der Waals surface area contributed by atoms with Crippen molar-refractivity contribution in [2.45, 2.75) is 51.6 Å². The van der Waals surface area contributed by atoms with Gasteiger partial charge in [-0.25, -0.2) is 16.8 Å². The first kappa shape index (κ1) is 52.1. The van der Waals surface area contributed by atoms with Crippen LogP contribution in [0.15, 0.2) is 130 Å². The molecule has 6 aromatic rings. The van der Waals surface area contributed by atoms with Crippen LogP contribution in [0.4, 0.5) is 34.1 Å². The summed E-state index contributed by atoms with van der Waals surface area (Å²) in [5.74, 6) is 0.626. The monoisotopic (exact) mass is 976 g/mol. The molecule has 0 atom stereocenters. The maximum atomic E-state index is 10.8. The maximum absolute atomic E-state index is 10.8. The number of hydrogen-bond donors (Lipinski definition) is 6. The van der Waals surface area contributed by atoms with E-state index in [-0.39, 0.29) is 11.4 Å². The van der Waals surface area contributed by atoms with Crippen molar-refractivity contribution in [1.29, 1.82) is 0 Å². The van der Waals surface area contributed by atoms with E-state index in [0.29, 0.717) is 34.2 Å². The molecule has 2 fully saturated rings. The fourth-order valence-electron chi connectivity index (χ4n) is 7.73. The quantitative estimate of drug-likeness (QED) is 0.0268. The molecule has 0 amide bonds. The molecule has 0 saturated carbocycles. The second-order valence-electron chi connectivity index (χ2n) is 15.7. The zero-order chi connectivity index (χ0) is 49.4. The number of quaternary nitrogens is 2. The molecule has 2 saturated heterocycles. The van der Waals surface area contributed by atoms with E-state index in [4.69, 9.17) is 35.0 Å². The molecule has 360 valence electrons. The zero-order valence-corrected chi connectivity index (χ0v) is 37.9. The Morgan fingerprint density at radius 3 is 1.07 bits per heavy atom. The molecule has 0 aromatic heterocycles. The van der Waals surface area contributed by atoms with Crippen LogP contribution in [-0.2, 0) is 33.9 Å². The number of nitro groups is 2. The van der Waals surface area contributed by atoms with E-state index in [1.54, 1.807) is 24.3 Å². The lowest BCUT2D eigenvalue weighted by Crippen LogP contribution is -3.11. The van der Waals surface area contributed by atoms with E-state index in [1.165, 1.54) is 72.6 Å². The van der Waals surface area contributed by atoms with Gasteiger partial charge in [0.1, 0.15) is 24.6 Å². The highest BCUT2D eigenvalue weighted by Crippen LogP contribution is 2.38. The molecular weight excluding hydrogens is 929 g/mol. The Morgan fingerprint density at radius 1 is 0.485 bits per heavy atom.